The van der Waals surface area contributed by atoms with E-state index in [0.29, 0.717) is 10.6 Å². The van der Waals surface area contributed by atoms with E-state index in [4.69, 9.17) is 16.3 Å². The van der Waals surface area contributed by atoms with Gasteiger partial charge in [0.1, 0.15) is 11.8 Å². The lowest BCUT2D eigenvalue weighted by atomic mass is 10.0. The van der Waals surface area contributed by atoms with Crippen molar-refractivity contribution in [1.82, 2.24) is 10.7 Å². The van der Waals surface area contributed by atoms with Gasteiger partial charge in [-0.15, -0.1) is 0 Å². The summed E-state index contributed by atoms with van der Waals surface area (Å²) in [7, 11) is 1.60. The predicted molar refractivity (Wildman–Crippen MR) is 111 cm³/mol. The van der Waals surface area contributed by atoms with Crippen LogP contribution in [0.25, 0.3) is 0 Å². The molecule has 2 rings (SSSR count). The first-order valence-electron chi connectivity index (χ1n) is 8.85. The van der Waals surface area contributed by atoms with Crippen LogP contribution >= 0.6 is 11.6 Å². The molecule has 2 aromatic carbocycles. The lowest BCUT2D eigenvalue weighted by molar-refractivity contribution is -0.123. The molecule has 0 aliphatic heterocycles. The number of rotatable bonds is 7. The average molecular weight is 402 g/mol. The molecule has 0 aromatic heterocycles. The van der Waals surface area contributed by atoms with Gasteiger partial charge in [-0.2, -0.15) is 5.10 Å². The monoisotopic (exact) mass is 401 g/mol. The van der Waals surface area contributed by atoms with Gasteiger partial charge in [0.05, 0.1) is 13.3 Å². The number of hydrazone groups is 1. The molecule has 0 heterocycles. The third-order valence-corrected chi connectivity index (χ3v) is 4.38. The summed E-state index contributed by atoms with van der Waals surface area (Å²) in [6.45, 7) is 5.63. The molecule has 0 bridgehead atoms. The summed E-state index contributed by atoms with van der Waals surface area (Å²) in [5.41, 5.74) is 4.66. The Morgan fingerprint density at radius 1 is 1.18 bits per heavy atom. The molecule has 28 heavy (non-hydrogen) atoms. The number of benzene rings is 2. The van der Waals surface area contributed by atoms with Crippen molar-refractivity contribution in [1.29, 1.82) is 0 Å². The minimum Gasteiger partial charge on any atom is -0.496 e. The summed E-state index contributed by atoms with van der Waals surface area (Å²) in [4.78, 5) is 24.9. The number of methoxy groups -OCH3 is 1. The predicted octanol–water partition coefficient (Wildman–Crippen LogP) is 3.56. The lowest BCUT2D eigenvalue weighted by Gasteiger charge is -2.20. The Morgan fingerprint density at radius 3 is 2.57 bits per heavy atom. The van der Waals surface area contributed by atoms with Gasteiger partial charge in [0.25, 0.3) is 11.8 Å². The highest BCUT2D eigenvalue weighted by atomic mass is 35.5. The molecular formula is C21H24ClN3O3. The number of hydrogen-bond acceptors (Lipinski definition) is 4. The number of amides is 2. The van der Waals surface area contributed by atoms with E-state index in [1.165, 1.54) is 6.21 Å². The molecule has 1 unspecified atom stereocenters. The lowest BCUT2D eigenvalue weighted by Crippen LogP contribution is -2.48. The summed E-state index contributed by atoms with van der Waals surface area (Å²) in [6.07, 6.45) is 1.52. The highest BCUT2D eigenvalue weighted by Crippen LogP contribution is 2.17. The first-order chi connectivity index (χ1) is 13.3. The number of carbonyl (C=O) groups is 2. The Kier molecular flexibility index (Phi) is 7.58. The van der Waals surface area contributed by atoms with Gasteiger partial charge in [-0.3, -0.25) is 9.59 Å². The number of nitrogens with zero attached hydrogens (tertiary/aromatic N) is 1. The molecular weight excluding hydrogens is 378 g/mol. The molecule has 2 aromatic rings. The van der Waals surface area contributed by atoms with Crippen LogP contribution in [0.15, 0.2) is 47.6 Å². The molecule has 0 fully saturated rings. The summed E-state index contributed by atoms with van der Waals surface area (Å²) in [6, 6.07) is 11.4. The van der Waals surface area contributed by atoms with Gasteiger partial charge in [-0.25, -0.2) is 5.43 Å². The Morgan fingerprint density at radius 2 is 1.93 bits per heavy atom. The fourth-order valence-corrected chi connectivity index (χ4v) is 2.74. The van der Waals surface area contributed by atoms with Crippen LogP contribution < -0.4 is 15.5 Å². The van der Waals surface area contributed by atoms with Crippen LogP contribution in [0.5, 0.6) is 5.75 Å². The summed E-state index contributed by atoms with van der Waals surface area (Å²) < 4.78 is 5.27. The maximum absolute atomic E-state index is 12.5. The Labute approximate surface area is 169 Å². The normalized spacial score (nSPS) is 12.1. The highest BCUT2D eigenvalue weighted by Gasteiger charge is 2.24. The topological polar surface area (TPSA) is 79.8 Å². The Hall–Kier alpha value is -2.86. The Balaban J connectivity index is 2.03. The van der Waals surface area contributed by atoms with E-state index in [-0.39, 0.29) is 11.8 Å². The van der Waals surface area contributed by atoms with Gasteiger partial charge < -0.3 is 10.1 Å². The molecule has 7 heteroatoms. The maximum Gasteiger partial charge on any atom is 0.262 e. The van der Waals surface area contributed by atoms with Gasteiger partial charge in [0.15, 0.2) is 0 Å². The van der Waals surface area contributed by atoms with Crippen molar-refractivity contribution in [2.45, 2.75) is 26.8 Å². The van der Waals surface area contributed by atoms with Crippen LogP contribution in [0, 0.1) is 12.8 Å². The summed E-state index contributed by atoms with van der Waals surface area (Å²) in [5, 5.41) is 7.18. The molecule has 0 spiro atoms. The number of ether oxygens (including phenoxy) is 1. The number of aryl methyl sites for hydroxylation is 1. The van der Waals surface area contributed by atoms with Crippen molar-refractivity contribution < 1.29 is 14.3 Å². The zero-order valence-electron chi connectivity index (χ0n) is 16.3. The van der Waals surface area contributed by atoms with Crippen LogP contribution in [0.3, 0.4) is 0 Å². The van der Waals surface area contributed by atoms with E-state index in [1.54, 1.807) is 31.4 Å². The Bertz CT molecular complexity index is 881. The minimum absolute atomic E-state index is 0.127. The number of hydrogen-bond donors (Lipinski definition) is 2. The summed E-state index contributed by atoms with van der Waals surface area (Å²) in [5.74, 6) is -0.161. The van der Waals surface area contributed by atoms with E-state index in [0.717, 1.165) is 16.9 Å². The average Bonchev–Trinajstić information content (AvgIpc) is 2.66. The van der Waals surface area contributed by atoms with Crippen molar-refractivity contribution in [2.24, 2.45) is 11.0 Å². The standard InChI is InChI=1S/C21H24ClN3O3/c1-13(2)19(24-20(26)16-6-5-7-17(22)11-16)21(27)25-23-12-15-9-8-14(3)18(10-15)28-4/h5-13,19H,1-4H3,(H,24,26)(H,25,27). The molecule has 0 saturated carbocycles. The number of halogens is 1. The zero-order valence-corrected chi connectivity index (χ0v) is 17.1. The molecule has 6 nitrogen and oxygen atoms in total. The smallest absolute Gasteiger partial charge is 0.262 e. The van der Waals surface area contributed by atoms with Gasteiger partial charge in [0.2, 0.25) is 0 Å². The van der Waals surface area contributed by atoms with Crippen molar-refractivity contribution in [3.8, 4) is 5.75 Å². The first kappa shape index (κ1) is 21.4. The van der Waals surface area contributed by atoms with Crippen LogP contribution in [-0.4, -0.2) is 31.2 Å². The third kappa shape index (κ3) is 5.82. The van der Waals surface area contributed by atoms with E-state index in [9.17, 15) is 9.59 Å². The molecule has 0 radical (unpaired) electrons. The molecule has 2 N–H and O–H groups in total. The van der Waals surface area contributed by atoms with Crippen LogP contribution in [0.2, 0.25) is 5.02 Å². The fraction of sp³-hybridized carbons (Fsp3) is 0.286. The van der Waals surface area contributed by atoms with Crippen molar-refractivity contribution in [2.75, 3.05) is 7.11 Å². The molecule has 0 saturated heterocycles. The highest BCUT2D eigenvalue weighted by molar-refractivity contribution is 6.31. The van der Waals surface area contributed by atoms with E-state index in [2.05, 4.69) is 15.8 Å². The van der Waals surface area contributed by atoms with Gasteiger partial charge in [-0.05, 0) is 48.2 Å². The van der Waals surface area contributed by atoms with E-state index in [1.807, 2.05) is 39.0 Å². The molecule has 0 aliphatic rings. The van der Waals surface area contributed by atoms with Gasteiger partial charge in [0, 0.05) is 10.6 Å². The van der Waals surface area contributed by atoms with Crippen molar-refractivity contribution in [3.05, 3.63) is 64.2 Å². The van der Waals surface area contributed by atoms with Gasteiger partial charge in [-0.1, -0.05) is 43.6 Å². The fourth-order valence-electron chi connectivity index (χ4n) is 2.55. The second-order valence-corrected chi connectivity index (χ2v) is 7.11. The molecule has 0 aliphatic carbocycles. The maximum atomic E-state index is 12.5. The van der Waals surface area contributed by atoms with Crippen LogP contribution in [-0.2, 0) is 4.79 Å². The van der Waals surface area contributed by atoms with E-state index >= 15 is 0 Å². The minimum atomic E-state index is -0.740. The quantitative estimate of drug-likeness (QED) is 0.550. The van der Waals surface area contributed by atoms with Crippen molar-refractivity contribution in [3.63, 3.8) is 0 Å². The number of carbonyl (C=O) groups excluding carboxylic acids is 2. The SMILES string of the molecule is COc1cc(C=NNC(=O)C(NC(=O)c2cccc(Cl)c2)C(C)C)ccc1C. The van der Waals surface area contributed by atoms with Crippen molar-refractivity contribution >= 4 is 29.6 Å². The number of nitrogens with one attached hydrogen (secondary N) is 2. The second-order valence-electron chi connectivity index (χ2n) is 6.67. The first-order valence-corrected chi connectivity index (χ1v) is 9.23. The van der Waals surface area contributed by atoms with Gasteiger partial charge >= 0.3 is 0 Å². The molecule has 1 atom stereocenters. The van der Waals surface area contributed by atoms with Crippen LogP contribution in [0.1, 0.15) is 35.3 Å². The van der Waals surface area contributed by atoms with E-state index < -0.39 is 11.9 Å². The molecule has 2 amide bonds. The second kappa shape index (κ2) is 9.90. The zero-order chi connectivity index (χ0) is 20.7. The molecule has 148 valence electrons. The third-order valence-electron chi connectivity index (χ3n) is 4.14. The summed E-state index contributed by atoms with van der Waals surface area (Å²) >= 11 is 5.92. The largest absolute Gasteiger partial charge is 0.496 e. The van der Waals surface area contributed by atoms with Crippen LogP contribution in [0.4, 0.5) is 0 Å².